The van der Waals surface area contributed by atoms with Gasteiger partial charge in [0.2, 0.25) is 5.89 Å². The first kappa shape index (κ1) is 10.5. The molecule has 0 bridgehead atoms. The zero-order chi connectivity index (χ0) is 11.7. The molecule has 1 aliphatic rings. The molecule has 0 radical (unpaired) electrons. The van der Waals surface area contributed by atoms with Crippen molar-refractivity contribution in [1.82, 2.24) is 10.3 Å². The van der Waals surface area contributed by atoms with Gasteiger partial charge in [0, 0.05) is 12.6 Å². The third-order valence-corrected chi connectivity index (χ3v) is 2.81. The molecule has 1 fully saturated rings. The fourth-order valence-electron chi connectivity index (χ4n) is 1.68. The highest BCUT2D eigenvalue weighted by Gasteiger charge is 2.20. The number of hydrogen-bond acceptors (Lipinski definition) is 3. The van der Waals surface area contributed by atoms with Crippen molar-refractivity contribution in [3.05, 3.63) is 42.0 Å². The highest BCUT2D eigenvalue weighted by atomic mass is 19.1. The van der Waals surface area contributed by atoms with Crippen molar-refractivity contribution in [3.8, 4) is 11.5 Å². The summed E-state index contributed by atoms with van der Waals surface area (Å²) in [6.45, 7) is 0.683. The Labute approximate surface area is 98.7 Å². The van der Waals surface area contributed by atoms with E-state index in [4.69, 9.17) is 4.42 Å². The highest BCUT2D eigenvalue weighted by molar-refractivity contribution is 5.53. The maximum Gasteiger partial charge on any atom is 0.229 e. The molecular formula is C13H13FN2O. The Balaban J connectivity index is 1.77. The molecule has 2 aromatic rings. The van der Waals surface area contributed by atoms with Gasteiger partial charge in [-0.1, -0.05) is 12.1 Å². The molecule has 1 saturated carbocycles. The minimum Gasteiger partial charge on any atom is -0.444 e. The van der Waals surface area contributed by atoms with Crippen molar-refractivity contribution in [3.63, 3.8) is 0 Å². The molecule has 1 heterocycles. The number of hydrogen-bond donors (Lipinski definition) is 1. The van der Waals surface area contributed by atoms with E-state index in [0.717, 1.165) is 5.69 Å². The lowest BCUT2D eigenvalue weighted by molar-refractivity contribution is 0.559. The van der Waals surface area contributed by atoms with E-state index in [-0.39, 0.29) is 5.82 Å². The van der Waals surface area contributed by atoms with Crippen LogP contribution in [0.3, 0.4) is 0 Å². The second kappa shape index (κ2) is 4.30. The zero-order valence-corrected chi connectivity index (χ0v) is 9.32. The van der Waals surface area contributed by atoms with Crippen LogP contribution >= 0.6 is 0 Å². The molecule has 1 aliphatic carbocycles. The van der Waals surface area contributed by atoms with E-state index in [0.29, 0.717) is 24.0 Å². The average Bonchev–Trinajstić information content (AvgIpc) is 3.06. The minimum atomic E-state index is -0.309. The van der Waals surface area contributed by atoms with Gasteiger partial charge in [-0.2, -0.15) is 0 Å². The molecule has 1 N–H and O–H groups in total. The Morgan fingerprint density at radius 3 is 2.94 bits per heavy atom. The predicted octanol–water partition coefficient (Wildman–Crippen LogP) is 2.73. The Bertz CT molecular complexity index is 520. The lowest BCUT2D eigenvalue weighted by Crippen LogP contribution is -2.15. The first-order valence-corrected chi connectivity index (χ1v) is 5.75. The maximum atomic E-state index is 13.5. The number of oxazole rings is 1. The molecular weight excluding hydrogens is 219 g/mol. The van der Waals surface area contributed by atoms with Crippen LogP contribution < -0.4 is 5.32 Å². The molecule has 1 aromatic heterocycles. The number of benzene rings is 1. The van der Waals surface area contributed by atoms with Gasteiger partial charge >= 0.3 is 0 Å². The number of nitrogens with zero attached hydrogens (tertiary/aromatic N) is 1. The van der Waals surface area contributed by atoms with Crippen LogP contribution in [0.5, 0.6) is 0 Å². The Hall–Kier alpha value is -1.68. The van der Waals surface area contributed by atoms with E-state index >= 15 is 0 Å². The molecule has 17 heavy (non-hydrogen) atoms. The second-order valence-corrected chi connectivity index (χ2v) is 4.28. The topological polar surface area (TPSA) is 38.1 Å². The Morgan fingerprint density at radius 2 is 2.18 bits per heavy atom. The van der Waals surface area contributed by atoms with Gasteiger partial charge in [-0.05, 0) is 25.0 Å². The minimum absolute atomic E-state index is 0.309. The average molecular weight is 232 g/mol. The summed E-state index contributed by atoms with van der Waals surface area (Å²) in [6, 6.07) is 7.12. The van der Waals surface area contributed by atoms with Crippen LogP contribution in [0.1, 0.15) is 18.5 Å². The lowest BCUT2D eigenvalue weighted by Gasteiger charge is -1.97. The summed E-state index contributed by atoms with van der Waals surface area (Å²) >= 11 is 0. The van der Waals surface area contributed by atoms with Crippen molar-refractivity contribution < 1.29 is 8.81 Å². The normalized spacial score (nSPS) is 15.1. The summed E-state index contributed by atoms with van der Waals surface area (Å²) in [5.74, 6) is 0.0340. The highest BCUT2D eigenvalue weighted by Crippen LogP contribution is 2.22. The lowest BCUT2D eigenvalue weighted by atomic mass is 10.2. The van der Waals surface area contributed by atoms with E-state index in [9.17, 15) is 4.39 Å². The smallest absolute Gasteiger partial charge is 0.229 e. The monoisotopic (exact) mass is 232 g/mol. The number of halogens is 1. The van der Waals surface area contributed by atoms with Crippen molar-refractivity contribution >= 4 is 0 Å². The van der Waals surface area contributed by atoms with Gasteiger partial charge in [0.15, 0.2) is 0 Å². The van der Waals surface area contributed by atoms with Crippen LogP contribution in [0.15, 0.2) is 34.9 Å². The van der Waals surface area contributed by atoms with Gasteiger partial charge < -0.3 is 9.73 Å². The molecule has 0 saturated heterocycles. The fourth-order valence-corrected chi connectivity index (χ4v) is 1.68. The second-order valence-electron chi connectivity index (χ2n) is 4.28. The van der Waals surface area contributed by atoms with E-state index < -0.39 is 0 Å². The quantitative estimate of drug-likeness (QED) is 0.880. The Morgan fingerprint density at radius 1 is 1.35 bits per heavy atom. The van der Waals surface area contributed by atoms with Gasteiger partial charge in [0.1, 0.15) is 12.1 Å². The van der Waals surface area contributed by atoms with Crippen molar-refractivity contribution in [2.45, 2.75) is 25.4 Å². The first-order valence-electron chi connectivity index (χ1n) is 5.75. The fraction of sp³-hybridized carbons (Fsp3) is 0.308. The number of nitrogens with one attached hydrogen (secondary N) is 1. The standard InChI is InChI=1S/C13H13FN2O/c14-12-4-2-1-3-11(12)13-16-10(8-17-13)7-15-9-5-6-9/h1-4,8-9,15H,5-7H2. The SMILES string of the molecule is Fc1ccccc1-c1nc(CNC2CC2)co1. The molecule has 1 aromatic carbocycles. The largest absolute Gasteiger partial charge is 0.444 e. The summed E-state index contributed by atoms with van der Waals surface area (Å²) < 4.78 is 18.8. The van der Waals surface area contributed by atoms with Crippen LogP contribution in [0.25, 0.3) is 11.5 Å². The van der Waals surface area contributed by atoms with Gasteiger partial charge in [-0.25, -0.2) is 9.37 Å². The van der Waals surface area contributed by atoms with Gasteiger partial charge in [-0.3, -0.25) is 0 Å². The molecule has 0 amide bonds. The molecule has 4 heteroatoms. The van der Waals surface area contributed by atoms with E-state index in [2.05, 4.69) is 10.3 Å². The van der Waals surface area contributed by atoms with Gasteiger partial charge in [-0.15, -0.1) is 0 Å². The van der Waals surface area contributed by atoms with Crippen LogP contribution in [-0.4, -0.2) is 11.0 Å². The molecule has 0 atom stereocenters. The summed E-state index contributed by atoms with van der Waals surface area (Å²) in [7, 11) is 0. The Kier molecular flexibility index (Phi) is 2.65. The third kappa shape index (κ3) is 2.36. The molecule has 0 spiro atoms. The maximum absolute atomic E-state index is 13.5. The van der Waals surface area contributed by atoms with Crippen LogP contribution in [-0.2, 0) is 6.54 Å². The van der Waals surface area contributed by atoms with Crippen molar-refractivity contribution in [2.24, 2.45) is 0 Å². The van der Waals surface area contributed by atoms with Crippen molar-refractivity contribution in [2.75, 3.05) is 0 Å². The summed E-state index contributed by atoms with van der Waals surface area (Å²) in [6.07, 6.45) is 4.05. The predicted molar refractivity (Wildman–Crippen MR) is 61.8 cm³/mol. The molecule has 3 rings (SSSR count). The molecule has 0 unspecified atom stereocenters. The van der Waals surface area contributed by atoms with E-state index in [1.807, 2.05) is 0 Å². The molecule has 88 valence electrons. The van der Waals surface area contributed by atoms with Gasteiger partial charge in [0.25, 0.3) is 0 Å². The summed E-state index contributed by atoms with van der Waals surface area (Å²) in [5, 5.41) is 3.34. The summed E-state index contributed by atoms with van der Waals surface area (Å²) in [5.41, 5.74) is 1.22. The van der Waals surface area contributed by atoms with Crippen LogP contribution in [0.4, 0.5) is 4.39 Å². The summed E-state index contributed by atoms with van der Waals surface area (Å²) in [4.78, 5) is 4.27. The van der Waals surface area contributed by atoms with E-state index in [1.165, 1.54) is 18.9 Å². The van der Waals surface area contributed by atoms with Crippen LogP contribution in [0, 0.1) is 5.82 Å². The zero-order valence-electron chi connectivity index (χ0n) is 9.32. The number of aromatic nitrogens is 1. The third-order valence-electron chi connectivity index (χ3n) is 2.81. The van der Waals surface area contributed by atoms with Gasteiger partial charge in [0.05, 0.1) is 11.3 Å². The van der Waals surface area contributed by atoms with E-state index in [1.54, 1.807) is 24.5 Å². The van der Waals surface area contributed by atoms with Crippen LogP contribution in [0.2, 0.25) is 0 Å². The first-order chi connectivity index (χ1) is 8.33. The molecule has 3 nitrogen and oxygen atoms in total. The van der Waals surface area contributed by atoms with Crippen molar-refractivity contribution in [1.29, 1.82) is 0 Å². The number of rotatable bonds is 4. The molecule has 0 aliphatic heterocycles.